The average molecular weight is 610 g/mol. The number of carbonyl (C=O) groups is 3. The first-order chi connectivity index (χ1) is 20.5. The molecule has 0 spiro atoms. The third-order valence-electron chi connectivity index (χ3n) is 8.02. The van der Waals surface area contributed by atoms with Crippen LogP contribution in [0.2, 0.25) is 5.02 Å². The van der Waals surface area contributed by atoms with E-state index >= 15 is 0 Å². The molecule has 9 nitrogen and oxygen atoms in total. The van der Waals surface area contributed by atoms with Crippen LogP contribution < -0.4 is 15.1 Å². The smallest absolute Gasteiger partial charge is 0.416 e. The number of carbonyl (C=O) groups excluding carboxylic acids is 3. The fraction of sp³-hybridized carbons (Fsp3) is 0.300. The van der Waals surface area contributed by atoms with Gasteiger partial charge < -0.3 is 10.1 Å². The molecule has 1 saturated carbocycles. The summed E-state index contributed by atoms with van der Waals surface area (Å²) in [6.07, 6.45) is -0.483. The van der Waals surface area contributed by atoms with E-state index in [1.165, 1.54) is 30.5 Å². The van der Waals surface area contributed by atoms with E-state index in [1.54, 1.807) is 18.2 Å². The van der Waals surface area contributed by atoms with E-state index in [4.69, 9.17) is 16.3 Å². The van der Waals surface area contributed by atoms with Gasteiger partial charge in [-0.15, -0.1) is 0 Å². The van der Waals surface area contributed by atoms with Crippen molar-refractivity contribution in [3.05, 3.63) is 88.3 Å². The molecular formula is C30H23ClF3N5O4. The van der Waals surface area contributed by atoms with Gasteiger partial charge in [-0.1, -0.05) is 29.8 Å². The first-order valence-electron chi connectivity index (χ1n) is 13.4. The van der Waals surface area contributed by atoms with Crippen LogP contribution in [0.1, 0.15) is 36.0 Å². The number of halogens is 4. The molecule has 43 heavy (non-hydrogen) atoms. The Hall–Kier alpha value is -4.63. The number of pyridine rings is 1. The lowest BCUT2D eigenvalue weighted by molar-refractivity contribution is -0.137. The minimum atomic E-state index is -2.93. The van der Waals surface area contributed by atoms with E-state index < -0.39 is 66.7 Å². The topological polar surface area (TPSA) is 116 Å². The summed E-state index contributed by atoms with van der Waals surface area (Å²) in [5.74, 6) is -5.28. The largest absolute Gasteiger partial charge is 0.446 e. The third-order valence-corrected chi connectivity index (χ3v) is 8.33. The maximum absolute atomic E-state index is 14.7. The molecule has 1 aromatic heterocycles. The van der Waals surface area contributed by atoms with Gasteiger partial charge in [0.15, 0.2) is 11.6 Å². The summed E-state index contributed by atoms with van der Waals surface area (Å²) in [6.45, 7) is -0.441. The molecule has 6 rings (SSSR count). The molecule has 0 radical (unpaired) electrons. The zero-order valence-corrected chi connectivity index (χ0v) is 23.2. The van der Waals surface area contributed by atoms with Crippen LogP contribution in [0, 0.1) is 17.1 Å². The number of nitriles is 1. The highest BCUT2D eigenvalue weighted by Gasteiger charge is 2.58. The van der Waals surface area contributed by atoms with Gasteiger partial charge in [0.2, 0.25) is 0 Å². The number of hydrogen-bond donors (Lipinski definition) is 1. The van der Waals surface area contributed by atoms with Gasteiger partial charge in [-0.2, -0.15) is 5.26 Å². The minimum absolute atomic E-state index is 0.00699. The standard InChI is InChI=1S/C30H23ClF3N5O4/c31-22-6-1-3-18-7-9-30(25(18)22,27(41)37-20-13-29(33,34)14-20)39(21-5-2-4-19(32)12-21)26(40)23-16-43-28(42)38(23)24-11-17(15-35)8-10-36-24/h1-6,8,10-12,20,23H,7,9,13-14,16H2,(H,37,41)/t23-,30-/m0/s1. The molecule has 3 aromatic rings. The molecule has 13 heteroatoms. The van der Waals surface area contributed by atoms with Gasteiger partial charge >= 0.3 is 6.09 Å². The maximum atomic E-state index is 14.7. The zero-order valence-electron chi connectivity index (χ0n) is 22.4. The summed E-state index contributed by atoms with van der Waals surface area (Å²) in [4.78, 5) is 48.2. The third kappa shape index (κ3) is 4.83. The molecule has 2 aliphatic carbocycles. The van der Waals surface area contributed by atoms with E-state index in [0.29, 0.717) is 12.0 Å². The Morgan fingerprint density at radius 2 is 1.93 bits per heavy atom. The number of amides is 3. The molecule has 0 unspecified atom stereocenters. The first-order valence-corrected chi connectivity index (χ1v) is 13.8. The lowest BCUT2D eigenvalue weighted by Crippen LogP contribution is -2.64. The number of nitrogens with zero attached hydrogens (tertiary/aromatic N) is 4. The fourth-order valence-corrected chi connectivity index (χ4v) is 6.43. The molecule has 1 saturated heterocycles. The number of aryl methyl sites for hydroxylation is 1. The molecule has 0 bridgehead atoms. The van der Waals surface area contributed by atoms with E-state index in [1.807, 2.05) is 6.07 Å². The van der Waals surface area contributed by atoms with E-state index in [2.05, 4.69) is 10.3 Å². The predicted molar refractivity (Wildman–Crippen MR) is 148 cm³/mol. The Morgan fingerprint density at radius 1 is 1.16 bits per heavy atom. The summed E-state index contributed by atoms with van der Waals surface area (Å²) in [7, 11) is 0. The van der Waals surface area contributed by atoms with Gasteiger partial charge in [-0.3, -0.25) is 14.5 Å². The fourth-order valence-electron chi connectivity index (χ4n) is 6.08. The van der Waals surface area contributed by atoms with Crippen molar-refractivity contribution >= 4 is 41.0 Å². The van der Waals surface area contributed by atoms with Crippen LogP contribution in [0.25, 0.3) is 0 Å². The lowest BCUT2D eigenvalue weighted by Gasteiger charge is -2.44. The van der Waals surface area contributed by atoms with E-state index in [-0.39, 0.29) is 34.1 Å². The van der Waals surface area contributed by atoms with Crippen molar-refractivity contribution < 1.29 is 32.3 Å². The van der Waals surface area contributed by atoms with Gasteiger partial charge in [0.05, 0.1) is 11.6 Å². The number of alkyl halides is 2. The van der Waals surface area contributed by atoms with Crippen molar-refractivity contribution in [1.29, 1.82) is 5.26 Å². The summed E-state index contributed by atoms with van der Waals surface area (Å²) < 4.78 is 47.5. The summed E-state index contributed by atoms with van der Waals surface area (Å²) in [6, 6.07) is 12.4. The maximum Gasteiger partial charge on any atom is 0.416 e. The molecule has 2 heterocycles. The van der Waals surface area contributed by atoms with Gasteiger partial charge in [-0.05, 0) is 54.8 Å². The number of anilines is 2. The number of ether oxygens (including phenoxy) is 1. The van der Waals surface area contributed by atoms with Crippen LogP contribution in [-0.2, 0) is 26.3 Å². The second-order valence-electron chi connectivity index (χ2n) is 10.7. The predicted octanol–water partition coefficient (Wildman–Crippen LogP) is 4.86. The monoisotopic (exact) mass is 609 g/mol. The summed E-state index contributed by atoms with van der Waals surface area (Å²) in [5, 5.41) is 12.2. The van der Waals surface area contributed by atoms with Crippen LogP contribution in [0.3, 0.4) is 0 Å². The van der Waals surface area contributed by atoms with Gasteiger partial charge in [0, 0.05) is 41.4 Å². The van der Waals surface area contributed by atoms with Gasteiger partial charge in [-0.25, -0.2) is 27.8 Å². The first kappa shape index (κ1) is 28.5. The van der Waals surface area contributed by atoms with Gasteiger partial charge in [0.1, 0.15) is 18.2 Å². The molecule has 2 fully saturated rings. The number of aromatic nitrogens is 1. The second kappa shape index (κ2) is 10.6. The molecule has 2 aromatic carbocycles. The Balaban J connectivity index is 1.51. The number of benzene rings is 2. The summed E-state index contributed by atoms with van der Waals surface area (Å²) in [5.41, 5.74) is -0.829. The number of cyclic esters (lactones) is 1. The summed E-state index contributed by atoms with van der Waals surface area (Å²) >= 11 is 6.69. The highest BCUT2D eigenvalue weighted by molar-refractivity contribution is 6.32. The number of hydrogen-bond acceptors (Lipinski definition) is 6. The number of rotatable bonds is 6. The highest BCUT2D eigenvalue weighted by Crippen LogP contribution is 2.49. The molecule has 3 amide bonds. The van der Waals surface area contributed by atoms with Crippen LogP contribution in [0.15, 0.2) is 60.8 Å². The lowest BCUT2D eigenvalue weighted by atomic mass is 9.83. The minimum Gasteiger partial charge on any atom is -0.446 e. The molecule has 1 N–H and O–H groups in total. The van der Waals surface area contributed by atoms with Crippen molar-refractivity contribution in [1.82, 2.24) is 10.3 Å². The quantitative estimate of drug-likeness (QED) is 0.427. The zero-order chi connectivity index (χ0) is 30.5. The van der Waals surface area contributed by atoms with E-state index in [0.717, 1.165) is 21.9 Å². The Bertz CT molecular complexity index is 1690. The van der Waals surface area contributed by atoms with Crippen LogP contribution in [0.5, 0.6) is 0 Å². The van der Waals surface area contributed by atoms with Crippen LogP contribution >= 0.6 is 11.6 Å². The molecule has 3 aliphatic rings. The average Bonchev–Trinajstić information content (AvgIpc) is 3.54. The van der Waals surface area contributed by atoms with Crippen LogP contribution in [0.4, 0.5) is 29.5 Å². The highest BCUT2D eigenvalue weighted by atomic mass is 35.5. The van der Waals surface area contributed by atoms with Crippen molar-refractivity contribution in [2.45, 2.75) is 49.2 Å². The Kier molecular flexibility index (Phi) is 7.01. The normalized spacial score (nSPS) is 22.3. The second-order valence-corrected chi connectivity index (χ2v) is 11.1. The van der Waals surface area contributed by atoms with Crippen molar-refractivity contribution in [2.24, 2.45) is 0 Å². The molecule has 1 aliphatic heterocycles. The number of nitrogens with one attached hydrogen (secondary N) is 1. The molecule has 220 valence electrons. The molecular weight excluding hydrogens is 587 g/mol. The van der Waals surface area contributed by atoms with Crippen molar-refractivity contribution in [2.75, 3.05) is 16.4 Å². The Morgan fingerprint density at radius 3 is 2.65 bits per heavy atom. The molecule has 2 atom stereocenters. The number of fused-ring (bicyclic) bond motifs is 1. The Labute approximate surface area is 248 Å². The van der Waals surface area contributed by atoms with Gasteiger partial charge in [0.25, 0.3) is 17.7 Å². The van der Waals surface area contributed by atoms with Crippen molar-refractivity contribution in [3.63, 3.8) is 0 Å². The van der Waals surface area contributed by atoms with Crippen molar-refractivity contribution in [3.8, 4) is 6.07 Å². The van der Waals surface area contributed by atoms with E-state index in [9.17, 15) is 32.8 Å². The SMILES string of the molecule is N#Cc1ccnc(N2C(=O)OC[C@H]2C(=O)N(c2cccc(F)c2)[C@@]2(C(=O)NC3CC(F)(F)C3)CCc3cccc(Cl)c32)c1. The van der Waals surface area contributed by atoms with Crippen LogP contribution in [-0.4, -0.2) is 47.5 Å².